The lowest BCUT2D eigenvalue weighted by Crippen LogP contribution is -1.96. The van der Waals surface area contributed by atoms with Crippen LogP contribution >= 0.6 is 0 Å². The van der Waals surface area contributed by atoms with Crippen molar-refractivity contribution in [2.24, 2.45) is 0 Å². The van der Waals surface area contributed by atoms with E-state index in [0.717, 1.165) is 142 Å². The molecule has 1 aromatic heterocycles. The number of aromatic nitrogens is 2. The lowest BCUT2D eigenvalue weighted by atomic mass is 10.0. The van der Waals surface area contributed by atoms with Gasteiger partial charge in [-0.25, -0.2) is 9.97 Å². The average molecular weight is 1090 g/mol. The molecule has 0 aliphatic heterocycles. The molecule has 0 saturated heterocycles. The minimum Gasteiger partial charge on any atom is -0.494 e. The van der Waals surface area contributed by atoms with Crippen LogP contribution < -0.4 is 18.9 Å². The molecule has 1 heterocycles. The van der Waals surface area contributed by atoms with Crippen molar-refractivity contribution in [3.05, 3.63) is 213 Å². The highest BCUT2D eigenvalue weighted by atomic mass is 16.5. The average Bonchev–Trinajstić information content (AvgIpc) is 3.57. The van der Waals surface area contributed by atoms with Crippen LogP contribution in [-0.2, 0) is 0 Å². The first-order valence-corrected chi connectivity index (χ1v) is 30.6. The smallest absolute Gasteiger partial charge is 0.119 e. The molecule has 0 spiro atoms. The van der Waals surface area contributed by atoms with E-state index in [1.807, 2.05) is 6.07 Å². The van der Waals surface area contributed by atoms with E-state index in [2.05, 4.69) is 244 Å². The van der Waals surface area contributed by atoms with E-state index in [0.29, 0.717) is 0 Å². The van der Waals surface area contributed by atoms with Gasteiger partial charge in [0, 0.05) is 0 Å². The SMILES string of the molecule is CCCCCCOc1ccc(/C=C/c2cc(/C=C/c3ccc(OCCCCCC)cc3)cc(/C=C/c3cc(/C=C/c4cc(/C=C/c5ccc(OCCCCCC)cc5)cc(/C=C/c5ccc(OCCCCCC)cc5)c4)ncn3)c2)cc1. The summed E-state index contributed by atoms with van der Waals surface area (Å²) in [4.78, 5) is 9.33. The second-order valence-corrected chi connectivity index (χ2v) is 21.1. The Balaban J connectivity index is 1.08. The number of ether oxygens (including phenoxy) is 4. The zero-order chi connectivity index (χ0) is 57.1. The molecule has 0 bridgehead atoms. The minimum absolute atomic E-state index is 0.752. The fourth-order valence-electron chi connectivity index (χ4n) is 9.26. The molecule has 0 N–H and O–H groups in total. The molecule has 82 heavy (non-hydrogen) atoms. The first kappa shape index (κ1) is 61.7. The molecule has 0 atom stereocenters. The van der Waals surface area contributed by atoms with Crippen molar-refractivity contribution in [1.82, 2.24) is 9.97 Å². The van der Waals surface area contributed by atoms with Crippen LogP contribution in [0.2, 0.25) is 0 Å². The summed E-state index contributed by atoms with van der Waals surface area (Å²) in [6.07, 6.45) is 46.4. The first-order chi connectivity index (χ1) is 40.4. The molecular weight excluding hydrogens is 1000 g/mol. The fourth-order valence-corrected chi connectivity index (χ4v) is 9.26. The van der Waals surface area contributed by atoms with Crippen molar-refractivity contribution >= 4 is 72.9 Å². The van der Waals surface area contributed by atoms with Gasteiger partial charge >= 0.3 is 0 Å². The van der Waals surface area contributed by atoms with Gasteiger partial charge < -0.3 is 18.9 Å². The molecule has 6 heteroatoms. The second-order valence-electron chi connectivity index (χ2n) is 21.1. The molecule has 6 aromatic carbocycles. The lowest BCUT2D eigenvalue weighted by Gasteiger charge is -2.06. The third kappa shape index (κ3) is 23.6. The Hall–Kier alpha value is -7.96. The van der Waals surface area contributed by atoms with Crippen LogP contribution in [-0.4, -0.2) is 36.4 Å². The maximum absolute atomic E-state index is 6.02. The number of rotatable bonds is 36. The first-order valence-electron chi connectivity index (χ1n) is 30.6. The Morgan fingerprint density at radius 2 is 0.463 bits per heavy atom. The number of hydrogen-bond donors (Lipinski definition) is 0. The predicted molar refractivity (Wildman–Crippen MR) is 353 cm³/mol. The number of nitrogens with zero attached hydrogens (tertiary/aromatic N) is 2. The fraction of sp³-hybridized carbons (Fsp3) is 0.316. The molecule has 0 unspecified atom stereocenters. The molecule has 0 amide bonds. The molecule has 7 aromatic rings. The topological polar surface area (TPSA) is 62.7 Å². The van der Waals surface area contributed by atoms with Crippen molar-refractivity contribution < 1.29 is 18.9 Å². The van der Waals surface area contributed by atoms with Gasteiger partial charge in [0.2, 0.25) is 0 Å². The Bertz CT molecular complexity index is 2730. The molecule has 426 valence electrons. The van der Waals surface area contributed by atoms with E-state index >= 15 is 0 Å². The molecule has 7 rings (SSSR count). The van der Waals surface area contributed by atoms with Gasteiger partial charge in [0.1, 0.15) is 29.3 Å². The van der Waals surface area contributed by atoms with Crippen LogP contribution in [0.15, 0.2) is 146 Å². The summed E-state index contributed by atoms with van der Waals surface area (Å²) in [5.41, 5.74) is 12.6. The van der Waals surface area contributed by atoms with E-state index in [1.165, 1.54) is 77.0 Å². The maximum atomic E-state index is 6.02. The standard InChI is InChI=1S/C76H88N2O4/c1-5-9-13-17-49-79-73-41-31-61(32-42-73)21-25-65-53-66(26-22-62-33-43-74(44-34-62)80-50-18-14-10-6-2)56-69(55-65)29-39-71-59-72(78-60-77-71)40-30-70-57-67(27-23-63-35-45-75(46-36-63)81-51-19-15-11-7-3)54-68(58-70)28-24-64-37-47-76(48-38-64)82-52-20-16-12-8-4/h21-48,53-60H,5-20,49-52H2,1-4H3/b25-21+,26-22+,27-23+,28-24+,39-29+,40-30+. The van der Waals surface area contributed by atoms with Gasteiger partial charge in [-0.1, -0.05) is 214 Å². The number of hydrogen-bond acceptors (Lipinski definition) is 6. The molecule has 0 fully saturated rings. The molecule has 0 saturated carbocycles. The summed E-state index contributed by atoms with van der Waals surface area (Å²) in [5.74, 6) is 3.64. The minimum atomic E-state index is 0.752. The van der Waals surface area contributed by atoms with Crippen molar-refractivity contribution in [3.63, 3.8) is 0 Å². The van der Waals surface area contributed by atoms with Gasteiger partial charge in [-0.2, -0.15) is 0 Å². The van der Waals surface area contributed by atoms with Crippen LogP contribution in [0, 0.1) is 0 Å². The van der Waals surface area contributed by atoms with E-state index in [-0.39, 0.29) is 0 Å². The maximum Gasteiger partial charge on any atom is 0.119 e. The summed E-state index contributed by atoms with van der Waals surface area (Å²) >= 11 is 0. The van der Waals surface area contributed by atoms with Crippen molar-refractivity contribution in [3.8, 4) is 23.0 Å². The molecule has 0 aliphatic carbocycles. The van der Waals surface area contributed by atoms with Crippen LogP contribution in [0.1, 0.15) is 197 Å². The predicted octanol–water partition coefficient (Wildman–Crippen LogP) is 21.3. The van der Waals surface area contributed by atoms with Gasteiger partial charge in [-0.3, -0.25) is 0 Å². The molecular formula is C76H88N2O4. The van der Waals surface area contributed by atoms with Crippen LogP contribution in [0.5, 0.6) is 23.0 Å². The second kappa shape index (κ2) is 36.4. The normalized spacial score (nSPS) is 11.9. The zero-order valence-electron chi connectivity index (χ0n) is 49.5. The Kier molecular flexibility index (Phi) is 27.4. The van der Waals surface area contributed by atoms with Gasteiger partial charge in [-0.15, -0.1) is 0 Å². The largest absolute Gasteiger partial charge is 0.494 e. The zero-order valence-corrected chi connectivity index (χ0v) is 49.5. The third-order valence-electron chi connectivity index (χ3n) is 14.1. The molecule has 6 nitrogen and oxygen atoms in total. The number of benzene rings is 6. The molecule has 0 radical (unpaired) electrons. The summed E-state index contributed by atoms with van der Waals surface area (Å²) in [7, 11) is 0. The highest BCUT2D eigenvalue weighted by Crippen LogP contribution is 2.24. The Labute approximate surface area is 492 Å². The summed E-state index contributed by atoms with van der Waals surface area (Å²) in [6.45, 7) is 11.9. The highest BCUT2D eigenvalue weighted by molar-refractivity contribution is 5.81. The highest BCUT2D eigenvalue weighted by Gasteiger charge is 2.04. The monoisotopic (exact) mass is 1090 g/mol. The van der Waals surface area contributed by atoms with E-state index in [9.17, 15) is 0 Å². The lowest BCUT2D eigenvalue weighted by molar-refractivity contribution is 0.305. The Morgan fingerprint density at radius 1 is 0.244 bits per heavy atom. The van der Waals surface area contributed by atoms with E-state index in [4.69, 9.17) is 18.9 Å². The van der Waals surface area contributed by atoms with E-state index in [1.54, 1.807) is 6.33 Å². The van der Waals surface area contributed by atoms with Crippen LogP contribution in [0.4, 0.5) is 0 Å². The molecule has 0 aliphatic rings. The van der Waals surface area contributed by atoms with Crippen molar-refractivity contribution in [2.75, 3.05) is 26.4 Å². The quantitative estimate of drug-likeness (QED) is 0.0288. The van der Waals surface area contributed by atoms with Gasteiger partial charge in [0.25, 0.3) is 0 Å². The third-order valence-corrected chi connectivity index (χ3v) is 14.1. The van der Waals surface area contributed by atoms with Gasteiger partial charge in [0.15, 0.2) is 0 Å². The van der Waals surface area contributed by atoms with Crippen molar-refractivity contribution in [1.29, 1.82) is 0 Å². The number of unbranched alkanes of at least 4 members (excludes halogenated alkanes) is 12. The van der Waals surface area contributed by atoms with Gasteiger partial charge in [0.05, 0.1) is 37.8 Å². The summed E-state index contributed by atoms with van der Waals surface area (Å²) < 4.78 is 24.1. The Morgan fingerprint density at radius 3 is 0.695 bits per heavy atom. The van der Waals surface area contributed by atoms with Crippen LogP contribution in [0.25, 0.3) is 72.9 Å². The van der Waals surface area contributed by atoms with E-state index < -0.39 is 0 Å². The van der Waals surface area contributed by atoms with Crippen molar-refractivity contribution in [2.45, 2.75) is 130 Å². The summed E-state index contributed by atoms with van der Waals surface area (Å²) in [5, 5.41) is 0. The van der Waals surface area contributed by atoms with Crippen LogP contribution in [0.3, 0.4) is 0 Å². The van der Waals surface area contributed by atoms with Gasteiger partial charge in [-0.05, 0) is 184 Å². The summed E-state index contributed by atoms with van der Waals surface area (Å²) in [6, 6.07) is 48.7.